The van der Waals surface area contributed by atoms with Crippen LogP contribution in [-0.4, -0.2) is 11.1 Å². The molecule has 8 heteroatoms. The van der Waals surface area contributed by atoms with Gasteiger partial charge in [0.15, 0.2) is 0 Å². The molecule has 0 aliphatic carbocycles. The number of halogens is 3. The van der Waals surface area contributed by atoms with Gasteiger partial charge in [-0.2, -0.15) is 0 Å². The van der Waals surface area contributed by atoms with Crippen LogP contribution in [0.25, 0.3) is 6.08 Å². The Morgan fingerprint density at radius 3 is 2.58 bits per heavy atom. The van der Waals surface area contributed by atoms with E-state index in [4.69, 9.17) is 16.3 Å². The van der Waals surface area contributed by atoms with Gasteiger partial charge in [0.05, 0.1) is 15.6 Å². The molecule has 0 aromatic heterocycles. The first kappa shape index (κ1) is 21.6. The van der Waals surface area contributed by atoms with Gasteiger partial charge in [-0.25, -0.2) is 9.29 Å². The van der Waals surface area contributed by atoms with Gasteiger partial charge in [0.2, 0.25) is 0 Å². The zero-order valence-electron chi connectivity index (χ0n) is 15.8. The van der Waals surface area contributed by atoms with Crippen LogP contribution >= 0.6 is 39.3 Å². The molecule has 1 saturated heterocycles. The van der Waals surface area contributed by atoms with E-state index in [9.17, 15) is 14.0 Å². The minimum atomic E-state index is -0.463. The summed E-state index contributed by atoms with van der Waals surface area (Å²) in [5.41, 5.74) is 1.32. The minimum Gasteiger partial charge on any atom is -0.488 e. The lowest BCUT2D eigenvalue weighted by Gasteiger charge is -2.13. The largest absolute Gasteiger partial charge is 0.488 e. The number of nitrogens with zero attached hydrogens (tertiary/aromatic N) is 1. The summed E-state index contributed by atoms with van der Waals surface area (Å²) in [6.07, 6.45) is 1.59. The van der Waals surface area contributed by atoms with E-state index in [1.54, 1.807) is 54.6 Å². The number of carbonyl (C=O) groups excluding carboxylic acids is 2. The minimum absolute atomic E-state index is 0.0839. The zero-order chi connectivity index (χ0) is 22.0. The molecular weight excluding hydrogens is 505 g/mol. The highest BCUT2D eigenvalue weighted by Crippen LogP contribution is 2.37. The number of para-hydroxylation sites is 1. The van der Waals surface area contributed by atoms with Crippen molar-refractivity contribution in [2.24, 2.45) is 0 Å². The van der Waals surface area contributed by atoms with E-state index in [0.29, 0.717) is 17.0 Å². The highest BCUT2D eigenvalue weighted by Gasteiger charge is 2.36. The van der Waals surface area contributed by atoms with E-state index in [-0.39, 0.29) is 27.3 Å². The number of benzene rings is 3. The third-order valence-electron chi connectivity index (χ3n) is 4.50. The van der Waals surface area contributed by atoms with Crippen molar-refractivity contribution in [2.75, 3.05) is 4.90 Å². The fourth-order valence-corrected chi connectivity index (χ4v) is 4.42. The second kappa shape index (κ2) is 9.26. The summed E-state index contributed by atoms with van der Waals surface area (Å²) in [4.78, 5) is 26.7. The summed E-state index contributed by atoms with van der Waals surface area (Å²) in [6, 6.07) is 18.4. The summed E-state index contributed by atoms with van der Waals surface area (Å²) >= 11 is 10.3. The SMILES string of the molecule is O=C1S/C(=C/c2cc(Br)ccc2OCc2c(F)cccc2Cl)C(=O)N1c1ccccc1. The molecule has 0 atom stereocenters. The van der Waals surface area contributed by atoms with Crippen molar-refractivity contribution in [3.05, 3.63) is 98.1 Å². The van der Waals surface area contributed by atoms with Gasteiger partial charge in [-0.3, -0.25) is 9.59 Å². The van der Waals surface area contributed by atoms with Crippen molar-refractivity contribution >= 4 is 62.2 Å². The van der Waals surface area contributed by atoms with Crippen LogP contribution < -0.4 is 9.64 Å². The Bertz CT molecular complexity index is 1180. The van der Waals surface area contributed by atoms with E-state index >= 15 is 0 Å². The average Bonchev–Trinajstić information content (AvgIpc) is 3.02. The Hall–Kier alpha value is -2.61. The third-order valence-corrected chi connectivity index (χ3v) is 6.22. The van der Waals surface area contributed by atoms with Crippen molar-refractivity contribution < 1.29 is 18.7 Å². The number of carbonyl (C=O) groups is 2. The summed E-state index contributed by atoms with van der Waals surface area (Å²) in [5, 5.41) is -0.110. The van der Waals surface area contributed by atoms with E-state index in [1.165, 1.54) is 12.1 Å². The van der Waals surface area contributed by atoms with Gasteiger partial charge in [0, 0.05) is 15.6 Å². The van der Waals surface area contributed by atoms with Crippen molar-refractivity contribution in [3.8, 4) is 5.75 Å². The number of thioether (sulfide) groups is 1. The van der Waals surface area contributed by atoms with Crippen molar-refractivity contribution in [1.82, 2.24) is 0 Å². The van der Waals surface area contributed by atoms with Crippen molar-refractivity contribution in [2.45, 2.75) is 6.61 Å². The second-order valence-electron chi connectivity index (χ2n) is 6.52. The maximum atomic E-state index is 14.1. The quantitative estimate of drug-likeness (QED) is 0.339. The van der Waals surface area contributed by atoms with Crippen molar-refractivity contribution in [3.63, 3.8) is 0 Å². The monoisotopic (exact) mass is 517 g/mol. The molecule has 0 bridgehead atoms. The lowest BCUT2D eigenvalue weighted by atomic mass is 10.1. The van der Waals surface area contributed by atoms with Gasteiger partial charge in [0.1, 0.15) is 18.2 Å². The number of hydrogen-bond donors (Lipinski definition) is 0. The third kappa shape index (κ3) is 4.69. The molecule has 1 aliphatic rings. The predicted octanol–water partition coefficient (Wildman–Crippen LogP) is 7.06. The molecule has 0 radical (unpaired) electrons. The summed E-state index contributed by atoms with van der Waals surface area (Å²) in [5.74, 6) is -0.451. The van der Waals surface area contributed by atoms with Crippen LogP contribution in [0, 0.1) is 5.82 Å². The lowest BCUT2D eigenvalue weighted by Crippen LogP contribution is -2.27. The van der Waals surface area contributed by atoms with Crippen LogP contribution in [0.1, 0.15) is 11.1 Å². The fourth-order valence-electron chi connectivity index (χ4n) is 2.99. The molecule has 3 aromatic carbocycles. The van der Waals surface area contributed by atoms with Crippen molar-refractivity contribution in [1.29, 1.82) is 0 Å². The smallest absolute Gasteiger partial charge is 0.298 e. The Labute approximate surface area is 195 Å². The molecule has 3 aromatic rings. The number of hydrogen-bond acceptors (Lipinski definition) is 4. The topological polar surface area (TPSA) is 46.6 Å². The van der Waals surface area contributed by atoms with Crippen LogP contribution in [0.3, 0.4) is 0 Å². The van der Waals surface area contributed by atoms with Crippen LogP contribution in [0.5, 0.6) is 5.75 Å². The molecule has 1 fully saturated rings. The van der Waals surface area contributed by atoms with Gasteiger partial charge >= 0.3 is 0 Å². The number of ether oxygens (including phenoxy) is 1. The number of rotatable bonds is 5. The lowest BCUT2D eigenvalue weighted by molar-refractivity contribution is -0.113. The zero-order valence-corrected chi connectivity index (χ0v) is 19.0. The molecular formula is C23H14BrClFNO3S. The van der Waals surface area contributed by atoms with Gasteiger partial charge in [0.25, 0.3) is 11.1 Å². The highest BCUT2D eigenvalue weighted by atomic mass is 79.9. The predicted molar refractivity (Wildman–Crippen MR) is 125 cm³/mol. The van der Waals surface area contributed by atoms with Gasteiger partial charge in [-0.1, -0.05) is 51.8 Å². The molecule has 31 heavy (non-hydrogen) atoms. The molecule has 0 saturated carbocycles. The standard InChI is InChI=1S/C23H14BrClFNO3S/c24-15-9-10-20(30-13-17-18(25)7-4-8-19(17)26)14(11-15)12-21-22(28)27(23(29)31-21)16-5-2-1-3-6-16/h1-12H,13H2/b21-12+. The fraction of sp³-hybridized carbons (Fsp3) is 0.0435. The van der Waals surface area contributed by atoms with Gasteiger partial charge in [-0.05, 0) is 60.3 Å². The number of anilines is 1. The Morgan fingerprint density at radius 2 is 1.84 bits per heavy atom. The Morgan fingerprint density at radius 1 is 1.06 bits per heavy atom. The first-order chi connectivity index (χ1) is 14.9. The maximum absolute atomic E-state index is 14.1. The first-order valence-electron chi connectivity index (χ1n) is 9.12. The Kier molecular flexibility index (Phi) is 6.46. The van der Waals surface area contributed by atoms with E-state index in [2.05, 4.69) is 15.9 Å². The number of amides is 2. The summed E-state index contributed by atoms with van der Waals surface area (Å²) in [6.45, 7) is -0.0839. The van der Waals surface area contributed by atoms with Gasteiger partial charge < -0.3 is 4.74 Å². The summed E-state index contributed by atoms with van der Waals surface area (Å²) < 4.78 is 20.6. The summed E-state index contributed by atoms with van der Waals surface area (Å²) in [7, 11) is 0. The molecule has 156 valence electrons. The highest BCUT2D eigenvalue weighted by molar-refractivity contribution is 9.10. The van der Waals surface area contributed by atoms with Crippen LogP contribution in [0.2, 0.25) is 5.02 Å². The molecule has 0 spiro atoms. The molecule has 0 N–H and O–H groups in total. The van der Waals surface area contributed by atoms with E-state index in [1.807, 2.05) is 6.07 Å². The first-order valence-corrected chi connectivity index (χ1v) is 11.1. The molecule has 1 heterocycles. The molecule has 1 aliphatic heterocycles. The normalized spacial score (nSPS) is 15.1. The molecule has 4 nitrogen and oxygen atoms in total. The molecule has 2 amide bonds. The van der Waals surface area contributed by atoms with Crippen LogP contribution in [0.15, 0.2) is 76.1 Å². The maximum Gasteiger partial charge on any atom is 0.298 e. The second-order valence-corrected chi connectivity index (χ2v) is 8.84. The Balaban J connectivity index is 1.63. The molecule has 0 unspecified atom stereocenters. The van der Waals surface area contributed by atoms with E-state index in [0.717, 1.165) is 21.1 Å². The number of imide groups is 1. The van der Waals surface area contributed by atoms with Crippen LogP contribution in [-0.2, 0) is 11.4 Å². The van der Waals surface area contributed by atoms with Crippen LogP contribution in [0.4, 0.5) is 14.9 Å². The van der Waals surface area contributed by atoms with E-state index < -0.39 is 11.7 Å². The average molecular weight is 519 g/mol. The van der Waals surface area contributed by atoms with Gasteiger partial charge in [-0.15, -0.1) is 0 Å². The molecule has 4 rings (SSSR count).